The number of nitrogens with zero attached hydrogens (tertiary/aromatic N) is 2. The van der Waals surface area contributed by atoms with E-state index in [4.69, 9.17) is 0 Å². The van der Waals surface area contributed by atoms with Crippen molar-refractivity contribution >= 4 is 16.8 Å². The number of piperazine rings is 1. The molecule has 1 aliphatic rings. The highest BCUT2D eigenvalue weighted by molar-refractivity contribution is 6.06. The lowest BCUT2D eigenvalue weighted by Crippen LogP contribution is -2.48. The molecule has 1 aliphatic heterocycles. The highest BCUT2D eigenvalue weighted by Crippen LogP contribution is 2.21. The van der Waals surface area contributed by atoms with Gasteiger partial charge in [-0.1, -0.05) is 6.92 Å². The molecule has 1 saturated heterocycles. The molecule has 1 fully saturated rings. The van der Waals surface area contributed by atoms with Crippen molar-refractivity contribution < 1.29 is 4.79 Å². The average molecular weight is 271 g/mol. The Morgan fingerprint density at radius 1 is 1.25 bits per heavy atom. The Morgan fingerprint density at radius 3 is 2.70 bits per heavy atom. The highest BCUT2D eigenvalue weighted by atomic mass is 16.2. The lowest BCUT2D eigenvalue weighted by atomic mass is 10.1. The minimum Gasteiger partial charge on any atom is -0.361 e. The van der Waals surface area contributed by atoms with Crippen LogP contribution in [0.5, 0.6) is 0 Å². The Morgan fingerprint density at radius 2 is 2.00 bits per heavy atom. The monoisotopic (exact) mass is 271 g/mol. The summed E-state index contributed by atoms with van der Waals surface area (Å²) in [6.45, 7) is 8.86. The summed E-state index contributed by atoms with van der Waals surface area (Å²) in [5.41, 5.74) is 2.89. The molecular formula is C16H21N3O. The van der Waals surface area contributed by atoms with E-state index in [1.165, 1.54) is 0 Å². The third kappa shape index (κ3) is 2.31. The van der Waals surface area contributed by atoms with E-state index in [2.05, 4.69) is 22.9 Å². The Balaban J connectivity index is 1.87. The first kappa shape index (κ1) is 13.2. The smallest absolute Gasteiger partial charge is 0.256 e. The van der Waals surface area contributed by atoms with E-state index in [0.717, 1.165) is 54.8 Å². The largest absolute Gasteiger partial charge is 0.361 e. The van der Waals surface area contributed by atoms with Crippen LogP contribution in [0.25, 0.3) is 10.9 Å². The second-order valence-electron chi connectivity index (χ2n) is 5.48. The molecule has 1 amide bonds. The lowest BCUT2D eigenvalue weighted by molar-refractivity contribution is 0.0645. The second kappa shape index (κ2) is 5.29. The zero-order chi connectivity index (χ0) is 14.1. The van der Waals surface area contributed by atoms with Crippen LogP contribution in [0, 0.1) is 6.92 Å². The summed E-state index contributed by atoms with van der Waals surface area (Å²) in [7, 11) is 0. The number of aromatic amines is 1. The van der Waals surface area contributed by atoms with Crippen molar-refractivity contribution in [2.24, 2.45) is 0 Å². The number of carbonyl (C=O) groups is 1. The van der Waals surface area contributed by atoms with Gasteiger partial charge < -0.3 is 14.8 Å². The quantitative estimate of drug-likeness (QED) is 0.910. The van der Waals surface area contributed by atoms with Crippen molar-refractivity contribution in [2.75, 3.05) is 32.7 Å². The minimum atomic E-state index is 0.150. The zero-order valence-corrected chi connectivity index (χ0v) is 12.1. The third-order valence-corrected chi connectivity index (χ3v) is 4.14. The number of aryl methyl sites for hydroxylation is 1. The summed E-state index contributed by atoms with van der Waals surface area (Å²) in [4.78, 5) is 20.3. The highest BCUT2D eigenvalue weighted by Gasteiger charge is 2.23. The van der Waals surface area contributed by atoms with Gasteiger partial charge in [-0.05, 0) is 37.2 Å². The average Bonchev–Trinajstić information content (AvgIpc) is 2.94. The van der Waals surface area contributed by atoms with Crippen LogP contribution in [-0.2, 0) is 0 Å². The van der Waals surface area contributed by atoms with Gasteiger partial charge in [0.05, 0.1) is 11.1 Å². The molecule has 1 aromatic heterocycles. The first-order chi connectivity index (χ1) is 9.69. The van der Waals surface area contributed by atoms with Gasteiger partial charge in [0, 0.05) is 37.8 Å². The normalized spacial score (nSPS) is 16.8. The first-order valence-corrected chi connectivity index (χ1v) is 7.28. The molecule has 0 aliphatic carbocycles. The van der Waals surface area contributed by atoms with E-state index in [9.17, 15) is 4.79 Å². The molecule has 20 heavy (non-hydrogen) atoms. The lowest BCUT2D eigenvalue weighted by Gasteiger charge is -2.34. The van der Waals surface area contributed by atoms with Crippen LogP contribution in [0.15, 0.2) is 24.4 Å². The van der Waals surface area contributed by atoms with Crippen molar-refractivity contribution in [2.45, 2.75) is 13.8 Å². The summed E-state index contributed by atoms with van der Waals surface area (Å²) in [6.07, 6.45) is 1.90. The number of likely N-dealkylation sites (N-methyl/N-ethyl adjacent to an activating group) is 1. The van der Waals surface area contributed by atoms with E-state index in [1.54, 1.807) is 0 Å². The maximum absolute atomic E-state index is 12.7. The first-order valence-electron chi connectivity index (χ1n) is 7.28. The standard InChI is InChI=1S/C16H21N3O/c1-3-18-6-8-19(9-7-18)16(20)14-11-12(2)10-13-4-5-17-15(13)14/h4-5,10-11,17H,3,6-9H2,1-2H3. The number of carbonyl (C=O) groups excluding carboxylic acids is 1. The predicted molar refractivity (Wildman–Crippen MR) is 81.1 cm³/mol. The van der Waals surface area contributed by atoms with Gasteiger partial charge in [-0.25, -0.2) is 0 Å². The number of aromatic nitrogens is 1. The van der Waals surface area contributed by atoms with E-state index in [-0.39, 0.29) is 5.91 Å². The molecule has 0 bridgehead atoms. The fraction of sp³-hybridized carbons (Fsp3) is 0.438. The fourth-order valence-corrected chi connectivity index (χ4v) is 2.93. The second-order valence-corrected chi connectivity index (χ2v) is 5.48. The Bertz CT molecular complexity index is 624. The van der Waals surface area contributed by atoms with E-state index in [1.807, 2.05) is 30.2 Å². The van der Waals surface area contributed by atoms with Crippen LogP contribution in [0.3, 0.4) is 0 Å². The van der Waals surface area contributed by atoms with E-state index in [0.29, 0.717) is 0 Å². The van der Waals surface area contributed by atoms with Gasteiger partial charge in [0.25, 0.3) is 5.91 Å². The molecule has 3 rings (SSSR count). The minimum absolute atomic E-state index is 0.150. The van der Waals surface area contributed by atoms with Crippen molar-refractivity contribution in [3.05, 3.63) is 35.5 Å². The topological polar surface area (TPSA) is 39.3 Å². The molecule has 0 saturated carbocycles. The Kier molecular flexibility index (Phi) is 3.49. The number of benzene rings is 1. The number of hydrogen-bond acceptors (Lipinski definition) is 2. The van der Waals surface area contributed by atoms with Crippen LogP contribution in [-0.4, -0.2) is 53.4 Å². The molecule has 0 unspecified atom stereocenters. The Hall–Kier alpha value is -1.81. The van der Waals surface area contributed by atoms with Crippen molar-refractivity contribution in [3.8, 4) is 0 Å². The van der Waals surface area contributed by atoms with Crippen molar-refractivity contribution in [1.29, 1.82) is 0 Å². The number of H-pyrrole nitrogens is 1. The summed E-state index contributed by atoms with van der Waals surface area (Å²) >= 11 is 0. The maximum Gasteiger partial charge on any atom is 0.256 e. The van der Waals surface area contributed by atoms with Gasteiger partial charge in [0.2, 0.25) is 0 Å². The number of nitrogens with one attached hydrogen (secondary N) is 1. The van der Waals surface area contributed by atoms with Crippen molar-refractivity contribution in [1.82, 2.24) is 14.8 Å². The molecular weight excluding hydrogens is 250 g/mol. The van der Waals surface area contributed by atoms with Gasteiger partial charge in [-0.3, -0.25) is 4.79 Å². The summed E-state index contributed by atoms with van der Waals surface area (Å²) < 4.78 is 0. The van der Waals surface area contributed by atoms with Crippen molar-refractivity contribution in [3.63, 3.8) is 0 Å². The van der Waals surface area contributed by atoms with Crippen LogP contribution in [0.1, 0.15) is 22.8 Å². The van der Waals surface area contributed by atoms with Crippen LogP contribution in [0.2, 0.25) is 0 Å². The van der Waals surface area contributed by atoms with Gasteiger partial charge in [0.1, 0.15) is 0 Å². The van der Waals surface area contributed by atoms with Gasteiger partial charge in [0.15, 0.2) is 0 Å². The SMILES string of the molecule is CCN1CCN(C(=O)c2cc(C)cc3cc[nH]c23)CC1. The maximum atomic E-state index is 12.7. The van der Waals surface area contributed by atoms with Gasteiger partial charge in [-0.15, -0.1) is 0 Å². The molecule has 2 aromatic rings. The molecule has 106 valence electrons. The Labute approximate surface area is 119 Å². The number of rotatable bonds is 2. The van der Waals surface area contributed by atoms with Crippen LogP contribution in [0.4, 0.5) is 0 Å². The third-order valence-electron chi connectivity index (χ3n) is 4.14. The summed E-state index contributed by atoms with van der Waals surface area (Å²) in [5, 5.41) is 1.11. The molecule has 0 radical (unpaired) electrons. The fourth-order valence-electron chi connectivity index (χ4n) is 2.93. The molecule has 4 nitrogen and oxygen atoms in total. The molecule has 0 spiro atoms. The number of hydrogen-bond donors (Lipinski definition) is 1. The molecule has 4 heteroatoms. The van der Waals surface area contributed by atoms with Crippen LogP contribution >= 0.6 is 0 Å². The van der Waals surface area contributed by atoms with E-state index >= 15 is 0 Å². The molecule has 1 N–H and O–H groups in total. The molecule has 1 aromatic carbocycles. The van der Waals surface area contributed by atoms with Gasteiger partial charge >= 0.3 is 0 Å². The number of fused-ring (bicyclic) bond motifs is 1. The number of amides is 1. The summed E-state index contributed by atoms with van der Waals surface area (Å²) in [5.74, 6) is 0.150. The van der Waals surface area contributed by atoms with E-state index < -0.39 is 0 Å². The molecule has 2 heterocycles. The van der Waals surface area contributed by atoms with Crippen LogP contribution < -0.4 is 0 Å². The molecule has 0 atom stereocenters. The zero-order valence-electron chi connectivity index (χ0n) is 12.1. The predicted octanol–water partition coefficient (Wildman–Crippen LogP) is 2.25. The van der Waals surface area contributed by atoms with Gasteiger partial charge in [-0.2, -0.15) is 0 Å². The summed E-state index contributed by atoms with van der Waals surface area (Å²) in [6, 6.07) is 6.12.